The highest BCUT2D eigenvalue weighted by molar-refractivity contribution is 6.01. The van der Waals surface area contributed by atoms with Gasteiger partial charge in [0.25, 0.3) is 11.7 Å². The molecule has 33 heavy (non-hydrogen) atoms. The molecular formula is C27H26N2O4. The van der Waals surface area contributed by atoms with Crippen LogP contribution in [0.4, 0.5) is 5.69 Å². The highest BCUT2D eigenvalue weighted by atomic mass is 16.7. The Morgan fingerprint density at radius 3 is 2.24 bits per heavy atom. The summed E-state index contributed by atoms with van der Waals surface area (Å²) in [4.78, 5) is 26.0. The van der Waals surface area contributed by atoms with Gasteiger partial charge in [0, 0.05) is 36.6 Å². The SMILES string of the molecule is O=C(N[C@@H](Cc1ccccc1)C(=O)Nc1ccc2c(c1)OC1(CCCC1)O2)c1ccccc1. The Hall–Kier alpha value is -3.80. The average molecular weight is 443 g/mol. The lowest BCUT2D eigenvalue weighted by molar-refractivity contribution is -0.118. The van der Waals surface area contributed by atoms with E-state index in [9.17, 15) is 9.59 Å². The van der Waals surface area contributed by atoms with Crippen LogP contribution in [-0.4, -0.2) is 23.6 Å². The number of benzene rings is 3. The van der Waals surface area contributed by atoms with Crippen LogP contribution in [0.5, 0.6) is 11.5 Å². The Labute approximate surface area is 192 Å². The average Bonchev–Trinajstić information content (AvgIpc) is 3.45. The second-order valence-corrected chi connectivity index (χ2v) is 8.55. The summed E-state index contributed by atoms with van der Waals surface area (Å²) in [6, 6.07) is 23.2. The molecule has 1 spiro atoms. The molecule has 2 aliphatic rings. The van der Waals surface area contributed by atoms with Gasteiger partial charge in [-0.1, -0.05) is 48.5 Å². The molecule has 6 nitrogen and oxygen atoms in total. The lowest BCUT2D eigenvalue weighted by atomic mass is 10.0. The van der Waals surface area contributed by atoms with Crippen LogP contribution >= 0.6 is 0 Å². The number of carbonyl (C=O) groups is 2. The van der Waals surface area contributed by atoms with E-state index in [-0.39, 0.29) is 11.8 Å². The summed E-state index contributed by atoms with van der Waals surface area (Å²) >= 11 is 0. The molecule has 1 aliphatic carbocycles. The molecule has 1 heterocycles. The fourth-order valence-corrected chi connectivity index (χ4v) is 4.41. The maximum atomic E-state index is 13.2. The highest BCUT2D eigenvalue weighted by Gasteiger charge is 2.44. The second-order valence-electron chi connectivity index (χ2n) is 8.55. The van der Waals surface area contributed by atoms with Gasteiger partial charge in [-0.15, -0.1) is 0 Å². The van der Waals surface area contributed by atoms with Gasteiger partial charge in [-0.05, 0) is 42.7 Å². The number of rotatable bonds is 6. The van der Waals surface area contributed by atoms with Gasteiger partial charge in [0.05, 0.1) is 0 Å². The van der Waals surface area contributed by atoms with Crippen LogP contribution in [0.3, 0.4) is 0 Å². The van der Waals surface area contributed by atoms with Crippen molar-refractivity contribution in [3.05, 3.63) is 90.0 Å². The van der Waals surface area contributed by atoms with E-state index < -0.39 is 11.8 Å². The summed E-state index contributed by atoms with van der Waals surface area (Å²) in [5.74, 6) is 0.207. The molecule has 1 atom stereocenters. The van der Waals surface area contributed by atoms with E-state index >= 15 is 0 Å². The molecule has 1 aliphatic heterocycles. The summed E-state index contributed by atoms with van der Waals surface area (Å²) in [6.07, 6.45) is 4.28. The number of nitrogens with one attached hydrogen (secondary N) is 2. The molecule has 0 saturated heterocycles. The van der Waals surface area contributed by atoms with Gasteiger partial charge < -0.3 is 20.1 Å². The molecule has 1 saturated carbocycles. The minimum absolute atomic E-state index is 0.291. The first-order valence-electron chi connectivity index (χ1n) is 11.3. The maximum Gasteiger partial charge on any atom is 0.251 e. The highest BCUT2D eigenvalue weighted by Crippen LogP contribution is 2.47. The number of ether oxygens (including phenoxy) is 2. The van der Waals surface area contributed by atoms with Crippen molar-refractivity contribution in [3.8, 4) is 11.5 Å². The van der Waals surface area contributed by atoms with E-state index in [0.29, 0.717) is 29.2 Å². The largest absolute Gasteiger partial charge is 0.448 e. The van der Waals surface area contributed by atoms with E-state index in [1.165, 1.54) is 0 Å². The van der Waals surface area contributed by atoms with Crippen molar-refractivity contribution in [2.24, 2.45) is 0 Å². The Morgan fingerprint density at radius 1 is 0.848 bits per heavy atom. The molecule has 1 fully saturated rings. The third-order valence-corrected chi connectivity index (χ3v) is 6.11. The molecule has 3 aromatic carbocycles. The molecule has 0 unspecified atom stereocenters. The Balaban J connectivity index is 1.32. The van der Waals surface area contributed by atoms with E-state index in [1.54, 1.807) is 36.4 Å². The Bertz CT molecular complexity index is 1140. The van der Waals surface area contributed by atoms with Gasteiger partial charge in [-0.25, -0.2) is 0 Å². The van der Waals surface area contributed by atoms with Gasteiger partial charge in [0.1, 0.15) is 6.04 Å². The number of anilines is 1. The predicted molar refractivity (Wildman–Crippen MR) is 125 cm³/mol. The van der Waals surface area contributed by atoms with Crippen molar-refractivity contribution in [1.29, 1.82) is 0 Å². The summed E-state index contributed by atoms with van der Waals surface area (Å²) in [5, 5.41) is 5.83. The van der Waals surface area contributed by atoms with Crippen LogP contribution in [0.15, 0.2) is 78.9 Å². The van der Waals surface area contributed by atoms with E-state index in [4.69, 9.17) is 9.47 Å². The quantitative estimate of drug-likeness (QED) is 0.580. The maximum absolute atomic E-state index is 13.2. The first-order chi connectivity index (χ1) is 16.1. The Morgan fingerprint density at radius 2 is 1.52 bits per heavy atom. The lowest BCUT2D eigenvalue weighted by Gasteiger charge is -2.21. The fraction of sp³-hybridized carbons (Fsp3) is 0.259. The predicted octanol–water partition coefficient (Wildman–Crippen LogP) is 4.71. The second kappa shape index (κ2) is 8.98. The standard InChI is InChI=1S/C27H26N2O4/c30-25(20-11-5-2-6-12-20)29-22(17-19-9-3-1-4-10-19)26(31)28-21-13-14-23-24(18-21)33-27(32-23)15-7-8-16-27/h1-6,9-14,18,22H,7-8,15-17H2,(H,28,31)(H,29,30)/t22-/m0/s1. The first kappa shape index (κ1) is 21.1. The summed E-state index contributed by atoms with van der Waals surface area (Å²) in [7, 11) is 0. The van der Waals surface area contributed by atoms with Crippen molar-refractivity contribution < 1.29 is 19.1 Å². The van der Waals surface area contributed by atoms with Gasteiger partial charge in [0.2, 0.25) is 5.91 Å². The number of carbonyl (C=O) groups excluding carboxylic acids is 2. The van der Waals surface area contributed by atoms with Crippen LogP contribution in [0.2, 0.25) is 0 Å². The molecule has 5 rings (SSSR count). The van der Waals surface area contributed by atoms with Crippen molar-refractivity contribution in [2.75, 3.05) is 5.32 Å². The molecule has 6 heteroatoms. The van der Waals surface area contributed by atoms with E-state index in [0.717, 1.165) is 31.2 Å². The van der Waals surface area contributed by atoms with Crippen molar-refractivity contribution in [3.63, 3.8) is 0 Å². The first-order valence-corrected chi connectivity index (χ1v) is 11.3. The number of hydrogen-bond acceptors (Lipinski definition) is 4. The minimum atomic E-state index is -0.744. The fourth-order valence-electron chi connectivity index (χ4n) is 4.41. The monoisotopic (exact) mass is 442 g/mol. The van der Waals surface area contributed by atoms with Gasteiger partial charge in [0.15, 0.2) is 11.5 Å². The lowest BCUT2D eigenvalue weighted by Crippen LogP contribution is -2.45. The van der Waals surface area contributed by atoms with Gasteiger partial charge in [-0.3, -0.25) is 9.59 Å². The zero-order chi connectivity index (χ0) is 22.7. The smallest absolute Gasteiger partial charge is 0.251 e. The minimum Gasteiger partial charge on any atom is -0.448 e. The molecule has 0 bridgehead atoms. The molecule has 0 aromatic heterocycles. The van der Waals surface area contributed by atoms with Crippen LogP contribution < -0.4 is 20.1 Å². The third-order valence-electron chi connectivity index (χ3n) is 6.11. The molecule has 3 aromatic rings. The van der Waals surface area contributed by atoms with Crippen LogP contribution in [0, 0.1) is 0 Å². The summed E-state index contributed by atoms with van der Waals surface area (Å²) < 4.78 is 12.2. The summed E-state index contributed by atoms with van der Waals surface area (Å²) in [5.41, 5.74) is 2.07. The topological polar surface area (TPSA) is 76.7 Å². The normalized spacial score (nSPS) is 16.4. The number of amides is 2. The van der Waals surface area contributed by atoms with Crippen molar-refractivity contribution in [2.45, 2.75) is 43.9 Å². The molecule has 0 radical (unpaired) electrons. The van der Waals surface area contributed by atoms with E-state index in [2.05, 4.69) is 10.6 Å². The van der Waals surface area contributed by atoms with Crippen LogP contribution in [-0.2, 0) is 11.2 Å². The zero-order valence-electron chi connectivity index (χ0n) is 18.3. The third kappa shape index (κ3) is 4.70. The van der Waals surface area contributed by atoms with Crippen molar-refractivity contribution in [1.82, 2.24) is 5.32 Å². The van der Waals surface area contributed by atoms with Crippen LogP contribution in [0.1, 0.15) is 41.6 Å². The van der Waals surface area contributed by atoms with Crippen molar-refractivity contribution >= 4 is 17.5 Å². The van der Waals surface area contributed by atoms with E-state index in [1.807, 2.05) is 42.5 Å². The zero-order valence-corrected chi connectivity index (χ0v) is 18.3. The molecule has 2 N–H and O–H groups in total. The molecular weight excluding hydrogens is 416 g/mol. The van der Waals surface area contributed by atoms with Gasteiger partial charge >= 0.3 is 0 Å². The number of fused-ring (bicyclic) bond motifs is 1. The molecule has 2 amide bonds. The molecule has 168 valence electrons. The summed E-state index contributed by atoms with van der Waals surface area (Å²) in [6.45, 7) is 0. The van der Waals surface area contributed by atoms with Crippen LogP contribution in [0.25, 0.3) is 0 Å². The van der Waals surface area contributed by atoms with Gasteiger partial charge in [-0.2, -0.15) is 0 Å². The Kier molecular flexibility index (Phi) is 5.73. The number of hydrogen-bond donors (Lipinski definition) is 2.